The molecule has 0 saturated heterocycles. The van der Waals surface area contributed by atoms with Crippen LogP contribution in [0.1, 0.15) is 0 Å². The van der Waals surface area contributed by atoms with Crippen LogP contribution in [0.5, 0.6) is 11.5 Å². The molecular formula is C14H13ClFIN2O2. The third-order valence-electron chi connectivity index (χ3n) is 2.84. The minimum atomic E-state index is -0.354. The molecule has 2 aromatic rings. The van der Waals surface area contributed by atoms with E-state index < -0.39 is 0 Å². The third kappa shape index (κ3) is 3.44. The lowest BCUT2D eigenvalue weighted by Gasteiger charge is -2.15. The zero-order valence-corrected chi connectivity index (χ0v) is 14.3. The number of halogens is 3. The van der Waals surface area contributed by atoms with Gasteiger partial charge in [0.1, 0.15) is 17.3 Å². The monoisotopic (exact) mass is 422 g/mol. The molecule has 0 aliphatic carbocycles. The average Bonchev–Trinajstić information content (AvgIpc) is 2.45. The van der Waals surface area contributed by atoms with Crippen molar-refractivity contribution in [2.45, 2.75) is 0 Å². The number of hydrogen-bond donors (Lipinski definition) is 2. The van der Waals surface area contributed by atoms with Crippen molar-refractivity contribution in [3.63, 3.8) is 0 Å². The Bertz CT molecular complexity index is 683. The number of anilines is 3. The van der Waals surface area contributed by atoms with E-state index in [1.165, 1.54) is 20.3 Å². The van der Waals surface area contributed by atoms with Gasteiger partial charge in [0, 0.05) is 18.2 Å². The summed E-state index contributed by atoms with van der Waals surface area (Å²) in [6.45, 7) is 0. The number of nitrogen functional groups attached to an aromatic ring is 1. The van der Waals surface area contributed by atoms with Crippen molar-refractivity contribution in [1.82, 2.24) is 0 Å². The highest BCUT2D eigenvalue weighted by molar-refractivity contribution is 14.1. The Hall–Kier alpha value is -1.41. The first kappa shape index (κ1) is 16.0. The van der Waals surface area contributed by atoms with E-state index in [4.69, 9.17) is 26.8 Å². The van der Waals surface area contributed by atoms with E-state index in [0.29, 0.717) is 37.2 Å². The molecule has 0 radical (unpaired) electrons. The van der Waals surface area contributed by atoms with Crippen molar-refractivity contribution in [3.05, 3.63) is 38.7 Å². The minimum absolute atomic E-state index is 0.354. The van der Waals surface area contributed by atoms with E-state index in [1.807, 2.05) is 22.6 Å². The van der Waals surface area contributed by atoms with Gasteiger partial charge in [-0.25, -0.2) is 4.39 Å². The van der Waals surface area contributed by atoms with Gasteiger partial charge in [-0.1, -0.05) is 11.6 Å². The van der Waals surface area contributed by atoms with E-state index in [2.05, 4.69) is 5.32 Å². The fourth-order valence-corrected chi connectivity index (χ4v) is 2.50. The number of benzene rings is 2. The summed E-state index contributed by atoms with van der Waals surface area (Å²) < 4.78 is 24.5. The van der Waals surface area contributed by atoms with Crippen LogP contribution in [0.2, 0.25) is 5.02 Å². The molecule has 0 aliphatic rings. The van der Waals surface area contributed by atoms with Gasteiger partial charge < -0.3 is 20.5 Å². The second-order valence-corrected chi connectivity index (χ2v) is 5.73. The van der Waals surface area contributed by atoms with Gasteiger partial charge in [-0.2, -0.15) is 0 Å². The summed E-state index contributed by atoms with van der Waals surface area (Å²) in [6.07, 6.45) is 0. The van der Waals surface area contributed by atoms with Crippen LogP contribution in [-0.2, 0) is 0 Å². The molecule has 0 fully saturated rings. The van der Waals surface area contributed by atoms with Crippen molar-refractivity contribution < 1.29 is 13.9 Å². The Kier molecular flexibility index (Phi) is 5.00. The molecule has 3 N–H and O–H groups in total. The summed E-state index contributed by atoms with van der Waals surface area (Å²) >= 11 is 7.92. The second kappa shape index (κ2) is 6.57. The molecule has 0 heterocycles. The van der Waals surface area contributed by atoms with Gasteiger partial charge in [0.25, 0.3) is 0 Å². The van der Waals surface area contributed by atoms with Crippen LogP contribution in [0.15, 0.2) is 24.3 Å². The van der Waals surface area contributed by atoms with Crippen LogP contribution in [0.25, 0.3) is 0 Å². The Morgan fingerprint density at radius 1 is 1.10 bits per heavy atom. The van der Waals surface area contributed by atoms with Crippen LogP contribution in [0.3, 0.4) is 0 Å². The molecule has 0 unspecified atom stereocenters. The molecular weight excluding hydrogens is 410 g/mol. The highest BCUT2D eigenvalue weighted by atomic mass is 127. The number of methoxy groups -OCH3 is 2. The van der Waals surface area contributed by atoms with Gasteiger partial charge in [0.05, 0.1) is 39.9 Å². The summed E-state index contributed by atoms with van der Waals surface area (Å²) in [5.74, 6) is 0.621. The molecule has 0 atom stereocenters. The molecule has 0 saturated carbocycles. The van der Waals surface area contributed by atoms with Gasteiger partial charge in [0.2, 0.25) is 0 Å². The normalized spacial score (nSPS) is 10.3. The van der Waals surface area contributed by atoms with Crippen LogP contribution in [0, 0.1) is 9.39 Å². The van der Waals surface area contributed by atoms with Gasteiger partial charge in [-0.05, 0) is 28.7 Å². The lowest BCUT2D eigenvalue weighted by Crippen LogP contribution is -2.01. The number of ether oxygens (including phenoxy) is 2. The maximum Gasteiger partial charge on any atom is 0.144 e. The molecule has 0 bridgehead atoms. The van der Waals surface area contributed by atoms with E-state index in [-0.39, 0.29) is 5.82 Å². The van der Waals surface area contributed by atoms with Gasteiger partial charge >= 0.3 is 0 Å². The largest absolute Gasteiger partial charge is 0.495 e. The molecule has 112 valence electrons. The van der Waals surface area contributed by atoms with Crippen LogP contribution < -0.4 is 20.5 Å². The SMILES string of the molecule is COc1cc(Nc2cc(F)c(I)cc2N)c(OC)cc1Cl. The molecule has 0 amide bonds. The molecule has 21 heavy (non-hydrogen) atoms. The molecule has 4 nitrogen and oxygen atoms in total. The zero-order chi connectivity index (χ0) is 15.6. The van der Waals surface area contributed by atoms with Crippen molar-refractivity contribution in [2.75, 3.05) is 25.3 Å². The first-order valence-corrected chi connectivity index (χ1v) is 7.35. The standard InChI is InChI=1S/C14H13ClFIN2O2/c1-20-13-6-12(14(21-2)3-7(13)15)19-11-4-8(16)9(17)5-10(11)18/h3-6,19H,18H2,1-2H3. The predicted octanol–water partition coefficient (Wildman–Crippen LogP) is 4.43. The molecule has 2 aromatic carbocycles. The number of hydrogen-bond acceptors (Lipinski definition) is 4. The van der Waals surface area contributed by atoms with Gasteiger partial charge in [0.15, 0.2) is 0 Å². The van der Waals surface area contributed by atoms with Crippen molar-refractivity contribution in [1.29, 1.82) is 0 Å². The molecule has 7 heteroatoms. The average molecular weight is 423 g/mol. The van der Waals surface area contributed by atoms with Crippen molar-refractivity contribution in [2.24, 2.45) is 0 Å². The summed E-state index contributed by atoms with van der Waals surface area (Å²) in [6, 6.07) is 6.16. The van der Waals surface area contributed by atoms with Crippen molar-refractivity contribution in [3.8, 4) is 11.5 Å². The lowest BCUT2D eigenvalue weighted by molar-refractivity contribution is 0.405. The highest BCUT2D eigenvalue weighted by Gasteiger charge is 2.12. The number of rotatable bonds is 4. The minimum Gasteiger partial charge on any atom is -0.495 e. The predicted molar refractivity (Wildman–Crippen MR) is 91.4 cm³/mol. The second-order valence-electron chi connectivity index (χ2n) is 4.17. The Morgan fingerprint density at radius 3 is 2.38 bits per heavy atom. The summed E-state index contributed by atoms with van der Waals surface area (Å²) in [5, 5.41) is 3.45. The summed E-state index contributed by atoms with van der Waals surface area (Å²) in [5.41, 5.74) is 7.34. The highest BCUT2D eigenvalue weighted by Crippen LogP contribution is 2.38. The van der Waals surface area contributed by atoms with Crippen LogP contribution in [0.4, 0.5) is 21.5 Å². The first-order chi connectivity index (χ1) is 9.96. The maximum atomic E-state index is 13.7. The van der Waals surface area contributed by atoms with Crippen molar-refractivity contribution >= 4 is 51.3 Å². The fourth-order valence-electron chi connectivity index (χ4n) is 1.77. The van der Waals surface area contributed by atoms with Gasteiger partial charge in [-0.3, -0.25) is 0 Å². The molecule has 0 spiro atoms. The molecule has 0 aliphatic heterocycles. The van der Waals surface area contributed by atoms with Crippen LogP contribution in [-0.4, -0.2) is 14.2 Å². The number of nitrogens with one attached hydrogen (secondary N) is 1. The molecule has 0 aromatic heterocycles. The lowest BCUT2D eigenvalue weighted by atomic mass is 10.2. The number of nitrogens with two attached hydrogens (primary N) is 1. The quantitative estimate of drug-likeness (QED) is 0.565. The summed E-state index contributed by atoms with van der Waals surface area (Å²) in [7, 11) is 3.03. The van der Waals surface area contributed by atoms with E-state index in [9.17, 15) is 4.39 Å². The topological polar surface area (TPSA) is 56.5 Å². The van der Waals surface area contributed by atoms with E-state index in [1.54, 1.807) is 18.2 Å². The first-order valence-electron chi connectivity index (χ1n) is 5.89. The zero-order valence-electron chi connectivity index (χ0n) is 11.3. The Balaban J connectivity index is 2.45. The molecule has 2 rings (SSSR count). The Morgan fingerprint density at radius 2 is 1.76 bits per heavy atom. The maximum absolute atomic E-state index is 13.7. The van der Waals surface area contributed by atoms with E-state index >= 15 is 0 Å². The van der Waals surface area contributed by atoms with E-state index in [0.717, 1.165) is 0 Å². The summed E-state index contributed by atoms with van der Waals surface area (Å²) in [4.78, 5) is 0. The van der Waals surface area contributed by atoms with Gasteiger partial charge in [-0.15, -0.1) is 0 Å². The van der Waals surface area contributed by atoms with Crippen LogP contribution >= 0.6 is 34.2 Å². The Labute approximate surface area is 140 Å². The fraction of sp³-hybridized carbons (Fsp3) is 0.143. The smallest absolute Gasteiger partial charge is 0.144 e. The third-order valence-corrected chi connectivity index (χ3v) is 3.96.